The first-order valence-corrected chi connectivity index (χ1v) is 6.48. The van der Waals surface area contributed by atoms with Gasteiger partial charge in [-0.1, -0.05) is 42.5 Å². The zero-order chi connectivity index (χ0) is 15.6. The molecule has 1 aromatic rings. The number of carbonyl (C=O) groups excluding carboxylic acids is 1. The number of fused-ring (bicyclic) bond motifs is 1. The average Bonchev–Trinajstić information content (AvgIpc) is 2.52. The fraction of sp³-hybridized carbons (Fsp3) is 0. The van der Waals surface area contributed by atoms with Gasteiger partial charge in [-0.3, -0.25) is 4.79 Å². The van der Waals surface area contributed by atoms with Gasteiger partial charge in [0.15, 0.2) is 5.75 Å². The normalized spacial score (nSPS) is 20.3. The molecule has 1 aliphatic heterocycles. The molecule has 0 radical (unpaired) electrons. The van der Waals surface area contributed by atoms with E-state index in [1.807, 2.05) is 12.1 Å². The zero-order valence-electron chi connectivity index (χ0n) is 11.7. The summed E-state index contributed by atoms with van der Waals surface area (Å²) in [5.74, 6) is -0.0312. The first-order valence-electron chi connectivity index (χ1n) is 6.48. The minimum Gasteiger partial charge on any atom is -0.366 e. The predicted octanol–water partition coefficient (Wildman–Crippen LogP) is 2.97. The number of amides is 1. The van der Waals surface area contributed by atoms with E-state index in [1.54, 1.807) is 54.7 Å². The Morgan fingerprint density at radius 2 is 1.86 bits per heavy atom. The summed E-state index contributed by atoms with van der Waals surface area (Å²) in [6.45, 7) is 0. The van der Waals surface area contributed by atoms with Crippen LogP contribution in [0.4, 0.5) is 0 Å². The van der Waals surface area contributed by atoms with E-state index >= 15 is 0 Å². The molecule has 2 N–H and O–H groups in total. The van der Waals surface area contributed by atoms with E-state index in [0.29, 0.717) is 11.3 Å². The number of nitrogens with two attached hydrogens (primary N) is 1. The first-order chi connectivity index (χ1) is 10.8. The van der Waals surface area contributed by atoms with Gasteiger partial charge in [0.2, 0.25) is 5.91 Å². The molecule has 1 aliphatic rings. The van der Waals surface area contributed by atoms with E-state index in [4.69, 9.17) is 10.6 Å². The van der Waals surface area contributed by atoms with Crippen molar-refractivity contribution >= 4 is 18.2 Å². The summed E-state index contributed by atoms with van der Waals surface area (Å²) >= 11 is 0. The fourth-order valence-corrected chi connectivity index (χ4v) is 1.59. The van der Waals surface area contributed by atoms with Gasteiger partial charge in [-0.15, -0.1) is 5.10 Å². The van der Waals surface area contributed by atoms with Gasteiger partial charge in [0, 0.05) is 11.1 Å². The van der Waals surface area contributed by atoms with Crippen molar-refractivity contribution in [3.05, 3.63) is 71.9 Å². The highest BCUT2D eigenvalue weighted by atomic mass is 16.6. The number of allylic oxidation sites excluding steroid dienone is 5. The molecule has 0 spiro atoms. The van der Waals surface area contributed by atoms with Crippen LogP contribution < -0.4 is 10.6 Å². The van der Waals surface area contributed by atoms with E-state index < -0.39 is 5.91 Å². The largest absolute Gasteiger partial charge is 0.366 e. The van der Waals surface area contributed by atoms with Crippen LogP contribution >= 0.6 is 0 Å². The maximum Gasteiger partial charge on any atom is 0.248 e. The molecule has 0 saturated carbocycles. The SMILES string of the molecule is NC(=O)C1=C\C=C/C=C/C=N\N=N/Oc2ccccc2C=C1. The second kappa shape index (κ2) is 8.11. The summed E-state index contributed by atoms with van der Waals surface area (Å²) in [4.78, 5) is 16.6. The number of hydrogen-bond acceptors (Lipinski definition) is 5. The summed E-state index contributed by atoms with van der Waals surface area (Å²) in [6.07, 6.45) is 13.3. The van der Waals surface area contributed by atoms with E-state index in [2.05, 4.69) is 15.6 Å². The Balaban J connectivity index is 2.40. The van der Waals surface area contributed by atoms with Gasteiger partial charge < -0.3 is 10.6 Å². The van der Waals surface area contributed by atoms with Crippen LogP contribution in [0.2, 0.25) is 0 Å². The molecule has 110 valence electrons. The molecule has 22 heavy (non-hydrogen) atoms. The molecule has 0 aliphatic carbocycles. The number of benzene rings is 1. The Labute approximate surface area is 127 Å². The summed E-state index contributed by atoms with van der Waals surface area (Å²) in [7, 11) is 0. The van der Waals surface area contributed by atoms with Crippen molar-refractivity contribution in [1.29, 1.82) is 0 Å². The number of carbonyl (C=O) groups is 1. The van der Waals surface area contributed by atoms with Crippen LogP contribution in [0.25, 0.3) is 6.08 Å². The minimum absolute atomic E-state index is 0.365. The van der Waals surface area contributed by atoms with Crippen LogP contribution in [-0.4, -0.2) is 12.1 Å². The van der Waals surface area contributed by atoms with Crippen LogP contribution in [0.3, 0.4) is 0 Å². The lowest BCUT2D eigenvalue weighted by atomic mass is 10.1. The standard InChI is InChI=1S/C16H14N4O2/c17-16(21)14-8-3-1-2-6-12-18-19-20-22-15-9-5-4-7-13(15)10-11-14/h1-12H,(H2,17,21)/b3-1-,6-2+,11-10?,14-8?,18-12-,20-19-. The second-order valence-corrected chi connectivity index (χ2v) is 4.15. The van der Waals surface area contributed by atoms with Crippen molar-refractivity contribution in [3.8, 4) is 5.75 Å². The minimum atomic E-state index is -0.520. The van der Waals surface area contributed by atoms with Crippen molar-refractivity contribution in [2.45, 2.75) is 0 Å². The van der Waals surface area contributed by atoms with E-state index in [-0.39, 0.29) is 0 Å². The predicted molar refractivity (Wildman–Crippen MR) is 85.0 cm³/mol. The summed E-state index contributed by atoms with van der Waals surface area (Å²) < 4.78 is 0. The van der Waals surface area contributed by atoms with Crippen LogP contribution in [0, 0.1) is 0 Å². The van der Waals surface area contributed by atoms with Gasteiger partial charge in [0.05, 0.1) is 11.5 Å². The Kier molecular flexibility index (Phi) is 5.57. The van der Waals surface area contributed by atoms with Crippen LogP contribution in [-0.2, 0) is 4.79 Å². The average molecular weight is 294 g/mol. The molecule has 2 rings (SSSR count). The van der Waals surface area contributed by atoms with E-state index in [1.165, 1.54) is 6.21 Å². The van der Waals surface area contributed by atoms with E-state index in [9.17, 15) is 4.79 Å². The lowest BCUT2D eigenvalue weighted by Gasteiger charge is -2.01. The lowest BCUT2D eigenvalue weighted by molar-refractivity contribution is -0.114. The van der Waals surface area contributed by atoms with Crippen LogP contribution in [0.15, 0.2) is 81.9 Å². The van der Waals surface area contributed by atoms with Crippen molar-refractivity contribution in [2.24, 2.45) is 21.3 Å². The van der Waals surface area contributed by atoms with Gasteiger partial charge in [-0.25, -0.2) is 0 Å². The molecular formula is C16H14N4O2. The summed E-state index contributed by atoms with van der Waals surface area (Å²) in [6, 6.07) is 7.19. The highest BCUT2D eigenvalue weighted by Crippen LogP contribution is 2.20. The molecule has 1 heterocycles. The molecule has 0 bridgehead atoms. The zero-order valence-corrected chi connectivity index (χ0v) is 11.7. The number of primary amides is 1. The Bertz CT molecular complexity index is 713. The molecule has 1 amide bonds. The number of nitrogens with zero attached hydrogens (tertiary/aromatic N) is 3. The highest BCUT2D eigenvalue weighted by molar-refractivity contribution is 5.96. The van der Waals surface area contributed by atoms with Crippen LogP contribution in [0.1, 0.15) is 5.56 Å². The molecule has 0 unspecified atom stereocenters. The summed E-state index contributed by atoms with van der Waals surface area (Å²) in [5.41, 5.74) is 6.45. The van der Waals surface area contributed by atoms with Gasteiger partial charge in [-0.2, -0.15) is 0 Å². The van der Waals surface area contributed by atoms with Crippen molar-refractivity contribution in [1.82, 2.24) is 0 Å². The van der Waals surface area contributed by atoms with Gasteiger partial charge in [-0.05, 0) is 29.5 Å². The van der Waals surface area contributed by atoms with Gasteiger partial charge in [0.1, 0.15) is 0 Å². The number of hydrogen-bond donors (Lipinski definition) is 1. The Morgan fingerprint density at radius 1 is 1.05 bits per heavy atom. The van der Waals surface area contributed by atoms with Crippen molar-refractivity contribution < 1.29 is 9.63 Å². The molecular weight excluding hydrogens is 280 g/mol. The molecule has 6 heteroatoms. The summed E-state index contributed by atoms with van der Waals surface area (Å²) in [5, 5.41) is 10.7. The lowest BCUT2D eigenvalue weighted by Crippen LogP contribution is -2.12. The Hall–Kier alpha value is -3.28. The van der Waals surface area contributed by atoms with Crippen molar-refractivity contribution in [3.63, 3.8) is 0 Å². The monoisotopic (exact) mass is 294 g/mol. The first kappa shape index (κ1) is 15.1. The Morgan fingerprint density at radius 3 is 2.73 bits per heavy atom. The van der Waals surface area contributed by atoms with Crippen molar-refractivity contribution in [2.75, 3.05) is 0 Å². The smallest absolute Gasteiger partial charge is 0.248 e. The molecule has 0 saturated heterocycles. The third-order valence-corrected chi connectivity index (χ3v) is 2.64. The second-order valence-electron chi connectivity index (χ2n) is 4.15. The molecule has 0 atom stereocenters. The number of rotatable bonds is 1. The third kappa shape index (κ3) is 4.68. The molecule has 0 fully saturated rings. The highest BCUT2D eigenvalue weighted by Gasteiger charge is 2.02. The number of para-hydroxylation sites is 1. The molecule has 1 aromatic carbocycles. The molecule has 6 nitrogen and oxygen atoms in total. The third-order valence-electron chi connectivity index (χ3n) is 2.64. The quantitative estimate of drug-likeness (QED) is 0.862. The fourth-order valence-electron chi connectivity index (χ4n) is 1.59. The van der Waals surface area contributed by atoms with Gasteiger partial charge in [0.25, 0.3) is 0 Å². The maximum atomic E-state index is 11.4. The van der Waals surface area contributed by atoms with Gasteiger partial charge >= 0.3 is 0 Å². The topological polar surface area (TPSA) is 89.4 Å². The van der Waals surface area contributed by atoms with Crippen LogP contribution in [0.5, 0.6) is 5.75 Å². The maximum absolute atomic E-state index is 11.4. The van der Waals surface area contributed by atoms with E-state index in [0.717, 1.165) is 5.56 Å². The molecule has 0 aromatic heterocycles.